The van der Waals surface area contributed by atoms with E-state index in [0.717, 1.165) is 33.3 Å². The molecule has 1 fully saturated rings. The number of nitrogens with zero attached hydrogens (tertiary/aromatic N) is 4. The third kappa shape index (κ3) is 5.23. The monoisotopic (exact) mass is 465 g/mol. The first kappa shape index (κ1) is 22.6. The van der Waals surface area contributed by atoms with Crippen LogP contribution in [0.5, 0.6) is 0 Å². The second-order valence-corrected chi connectivity index (χ2v) is 8.80. The second kappa shape index (κ2) is 9.10. The van der Waals surface area contributed by atoms with Crippen LogP contribution < -0.4 is 5.32 Å². The Morgan fingerprint density at radius 2 is 2.06 bits per heavy atom. The minimum Gasteiger partial charge on any atom is -0.389 e. The summed E-state index contributed by atoms with van der Waals surface area (Å²) >= 11 is 1.52. The topological polar surface area (TPSA) is 83.4 Å². The number of aliphatic hydroxyl groups is 1. The molecular weight excluding hydrogens is 443 g/mol. The molecule has 0 aliphatic carbocycles. The zero-order valence-electron chi connectivity index (χ0n) is 17.4. The number of hydrogen-bond donors (Lipinski definition) is 2. The fourth-order valence-corrected chi connectivity index (χ4v) is 4.47. The summed E-state index contributed by atoms with van der Waals surface area (Å²) in [6, 6.07) is 6.38. The Labute approximate surface area is 186 Å². The van der Waals surface area contributed by atoms with Crippen molar-refractivity contribution in [1.29, 1.82) is 0 Å². The van der Waals surface area contributed by atoms with E-state index in [0.29, 0.717) is 25.4 Å². The van der Waals surface area contributed by atoms with Crippen LogP contribution in [-0.4, -0.2) is 57.4 Å². The summed E-state index contributed by atoms with van der Waals surface area (Å²) in [6.45, 7) is 3.30. The number of hydrogen-bond acceptors (Lipinski definition) is 8. The smallest absolute Gasteiger partial charge is 0.389 e. The standard InChI is InChI=1S/C21H22F3N5O2S/c1-12-5-13(7-14(6-12)27-20-25-4-3-18(28-20)21(22,23)24)17-8-26-19(32-17)9-29(2)15-10-31-11-16(15)30/h3-8,15-16,30H,9-11H2,1-2H3,(H,25,27,28). The van der Waals surface area contributed by atoms with Gasteiger partial charge in [-0.15, -0.1) is 11.3 Å². The highest BCUT2D eigenvalue weighted by Gasteiger charge is 2.33. The number of ether oxygens (including phenoxy) is 1. The Hall–Kier alpha value is -2.60. The third-order valence-corrected chi connectivity index (χ3v) is 6.12. The Balaban J connectivity index is 1.51. The summed E-state index contributed by atoms with van der Waals surface area (Å²) in [6.07, 6.45) is -2.20. The van der Waals surface area contributed by atoms with Gasteiger partial charge < -0.3 is 15.2 Å². The maximum atomic E-state index is 12.9. The Kier molecular flexibility index (Phi) is 6.42. The van der Waals surface area contributed by atoms with Crippen LogP contribution in [0.2, 0.25) is 0 Å². The van der Waals surface area contributed by atoms with Gasteiger partial charge in [0.1, 0.15) is 10.7 Å². The predicted molar refractivity (Wildman–Crippen MR) is 115 cm³/mol. The van der Waals surface area contributed by atoms with Crippen LogP contribution in [0, 0.1) is 6.92 Å². The normalized spacial score (nSPS) is 19.0. The van der Waals surface area contributed by atoms with Crippen molar-refractivity contribution >= 4 is 23.0 Å². The van der Waals surface area contributed by atoms with Gasteiger partial charge in [0.05, 0.1) is 36.8 Å². The van der Waals surface area contributed by atoms with E-state index in [4.69, 9.17) is 4.74 Å². The van der Waals surface area contributed by atoms with Crippen molar-refractivity contribution in [1.82, 2.24) is 19.9 Å². The molecule has 2 aromatic heterocycles. The second-order valence-electron chi connectivity index (χ2n) is 7.68. The maximum absolute atomic E-state index is 12.9. The van der Waals surface area contributed by atoms with Crippen LogP contribution >= 0.6 is 11.3 Å². The molecule has 1 aliphatic rings. The van der Waals surface area contributed by atoms with E-state index in [-0.39, 0.29) is 12.0 Å². The first-order valence-electron chi connectivity index (χ1n) is 9.89. The number of halogens is 3. The van der Waals surface area contributed by atoms with Gasteiger partial charge in [-0.25, -0.2) is 15.0 Å². The van der Waals surface area contributed by atoms with Crippen LogP contribution in [0.4, 0.5) is 24.8 Å². The molecule has 3 aromatic rings. The molecule has 32 heavy (non-hydrogen) atoms. The number of aromatic nitrogens is 3. The highest BCUT2D eigenvalue weighted by Crippen LogP contribution is 2.32. The average molecular weight is 466 g/mol. The van der Waals surface area contributed by atoms with Gasteiger partial charge in [-0.3, -0.25) is 4.90 Å². The molecule has 0 saturated carbocycles. The molecule has 4 rings (SSSR count). The fraction of sp³-hybridized carbons (Fsp3) is 0.381. The highest BCUT2D eigenvalue weighted by atomic mass is 32.1. The van der Waals surface area contributed by atoms with Crippen molar-refractivity contribution in [3.8, 4) is 10.4 Å². The van der Waals surface area contributed by atoms with E-state index in [1.54, 1.807) is 6.20 Å². The highest BCUT2D eigenvalue weighted by molar-refractivity contribution is 7.15. The van der Waals surface area contributed by atoms with Crippen molar-refractivity contribution in [3.63, 3.8) is 0 Å². The van der Waals surface area contributed by atoms with Gasteiger partial charge in [0.25, 0.3) is 0 Å². The molecule has 11 heteroatoms. The van der Waals surface area contributed by atoms with Crippen molar-refractivity contribution in [2.75, 3.05) is 25.6 Å². The summed E-state index contributed by atoms with van der Waals surface area (Å²) < 4.78 is 44.1. The zero-order valence-corrected chi connectivity index (χ0v) is 18.2. The lowest BCUT2D eigenvalue weighted by atomic mass is 10.1. The molecular formula is C21H22F3N5O2S. The number of rotatable bonds is 6. The summed E-state index contributed by atoms with van der Waals surface area (Å²) in [5, 5.41) is 13.7. The lowest BCUT2D eigenvalue weighted by Gasteiger charge is -2.24. The molecule has 2 unspecified atom stereocenters. The summed E-state index contributed by atoms with van der Waals surface area (Å²) in [4.78, 5) is 14.9. The number of aryl methyl sites for hydroxylation is 1. The van der Waals surface area contributed by atoms with Crippen molar-refractivity contribution in [3.05, 3.63) is 52.9 Å². The van der Waals surface area contributed by atoms with Gasteiger partial charge in [-0.2, -0.15) is 13.2 Å². The molecule has 0 bridgehead atoms. The van der Waals surface area contributed by atoms with Crippen LogP contribution in [-0.2, 0) is 17.5 Å². The van der Waals surface area contributed by atoms with E-state index in [1.807, 2.05) is 37.1 Å². The van der Waals surface area contributed by atoms with Gasteiger partial charge >= 0.3 is 6.18 Å². The Bertz CT molecular complexity index is 1090. The third-order valence-electron chi connectivity index (χ3n) is 5.09. The molecule has 2 atom stereocenters. The van der Waals surface area contributed by atoms with Crippen LogP contribution in [0.1, 0.15) is 16.3 Å². The molecule has 1 aromatic carbocycles. The van der Waals surface area contributed by atoms with E-state index in [1.165, 1.54) is 11.3 Å². The van der Waals surface area contributed by atoms with Gasteiger partial charge in [0, 0.05) is 18.1 Å². The number of thiazole rings is 1. The minimum absolute atomic E-state index is 0.0652. The van der Waals surface area contributed by atoms with Crippen molar-refractivity contribution in [2.45, 2.75) is 31.8 Å². The lowest BCUT2D eigenvalue weighted by Crippen LogP contribution is -2.39. The summed E-state index contributed by atoms with van der Waals surface area (Å²) in [5.74, 6) is -0.125. The van der Waals surface area contributed by atoms with Gasteiger partial charge in [0.15, 0.2) is 0 Å². The van der Waals surface area contributed by atoms with Gasteiger partial charge in [-0.1, -0.05) is 6.07 Å². The SMILES string of the molecule is Cc1cc(Nc2nccc(C(F)(F)F)n2)cc(-c2cnc(CN(C)C3COCC3O)s2)c1. The average Bonchev–Trinajstić information content (AvgIpc) is 3.36. The minimum atomic E-state index is -4.54. The maximum Gasteiger partial charge on any atom is 0.433 e. The van der Waals surface area contributed by atoms with Crippen LogP contribution in [0.15, 0.2) is 36.7 Å². The number of aliphatic hydroxyl groups excluding tert-OH is 1. The van der Waals surface area contributed by atoms with E-state index in [9.17, 15) is 18.3 Å². The number of anilines is 2. The Morgan fingerprint density at radius 1 is 1.25 bits per heavy atom. The lowest BCUT2D eigenvalue weighted by molar-refractivity contribution is -0.141. The largest absolute Gasteiger partial charge is 0.433 e. The van der Waals surface area contributed by atoms with E-state index in [2.05, 4.69) is 20.3 Å². The number of likely N-dealkylation sites (N-methyl/N-ethyl adjacent to an activating group) is 1. The zero-order chi connectivity index (χ0) is 22.9. The summed E-state index contributed by atoms with van der Waals surface area (Å²) in [5.41, 5.74) is 1.39. The number of alkyl halides is 3. The summed E-state index contributed by atoms with van der Waals surface area (Å²) in [7, 11) is 1.92. The molecule has 0 amide bonds. The quantitative estimate of drug-likeness (QED) is 0.572. The van der Waals surface area contributed by atoms with Gasteiger partial charge in [-0.05, 0) is 43.3 Å². The molecule has 0 spiro atoms. The van der Waals surface area contributed by atoms with Crippen molar-refractivity contribution < 1.29 is 23.0 Å². The fourth-order valence-electron chi connectivity index (χ4n) is 3.50. The molecule has 3 heterocycles. The molecule has 7 nitrogen and oxygen atoms in total. The molecule has 1 aliphatic heterocycles. The van der Waals surface area contributed by atoms with E-state index >= 15 is 0 Å². The Morgan fingerprint density at radius 3 is 2.78 bits per heavy atom. The number of nitrogens with one attached hydrogen (secondary N) is 1. The molecule has 0 radical (unpaired) electrons. The first-order valence-corrected chi connectivity index (χ1v) is 10.7. The van der Waals surface area contributed by atoms with Crippen LogP contribution in [0.25, 0.3) is 10.4 Å². The number of benzene rings is 1. The first-order chi connectivity index (χ1) is 15.2. The van der Waals surface area contributed by atoms with Crippen molar-refractivity contribution in [2.24, 2.45) is 0 Å². The predicted octanol–water partition coefficient (Wildman–Crippen LogP) is 3.86. The van der Waals surface area contributed by atoms with Gasteiger partial charge in [0.2, 0.25) is 5.95 Å². The molecule has 1 saturated heterocycles. The van der Waals surface area contributed by atoms with E-state index < -0.39 is 18.0 Å². The van der Waals surface area contributed by atoms with Crippen LogP contribution in [0.3, 0.4) is 0 Å². The molecule has 2 N–H and O–H groups in total. The molecule has 170 valence electrons.